The van der Waals surface area contributed by atoms with Crippen LogP contribution in [-0.2, 0) is 35.3 Å². The molecule has 18 heteroatoms. The van der Waals surface area contributed by atoms with E-state index in [1.165, 1.54) is 14.6 Å². The Kier molecular flexibility index (Phi) is 9.11. The van der Waals surface area contributed by atoms with Gasteiger partial charge in [0, 0.05) is 19.1 Å². The zero-order valence-corrected chi connectivity index (χ0v) is 26.1. The van der Waals surface area contributed by atoms with E-state index in [2.05, 4.69) is 20.7 Å². The molecule has 0 bridgehead atoms. The topological polar surface area (TPSA) is 88.4 Å². The molecule has 48 heavy (non-hydrogen) atoms. The number of ether oxygens (including phenoxy) is 1. The number of nitrogens with one attached hydrogen (secondary N) is 1. The number of benzene rings is 2. The Morgan fingerprint density at radius 1 is 1.00 bits per heavy atom. The molecule has 0 spiro atoms. The van der Waals surface area contributed by atoms with Crippen LogP contribution in [-0.4, -0.2) is 51.5 Å². The molecule has 0 radical (unpaired) electrons. The Hall–Kier alpha value is -4.09. The van der Waals surface area contributed by atoms with E-state index >= 15 is 0 Å². The van der Waals surface area contributed by atoms with Crippen LogP contribution in [0.25, 0.3) is 0 Å². The molecule has 2 aromatic carbocycles. The summed E-state index contributed by atoms with van der Waals surface area (Å²) < 4.78 is 130. The molecule has 1 N–H and O–H groups in total. The van der Waals surface area contributed by atoms with E-state index in [1.54, 1.807) is 20.8 Å². The van der Waals surface area contributed by atoms with E-state index in [4.69, 9.17) is 4.74 Å². The van der Waals surface area contributed by atoms with Gasteiger partial charge in [-0.05, 0) is 99.8 Å². The third-order valence-corrected chi connectivity index (χ3v) is 8.38. The summed E-state index contributed by atoms with van der Waals surface area (Å²) in [7, 11) is 0. The van der Waals surface area contributed by atoms with Gasteiger partial charge in [0.25, 0.3) is 5.95 Å². The summed E-state index contributed by atoms with van der Waals surface area (Å²) in [5.74, 6) is -0.243. The maximum absolute atomic E-state index is 14.0. The fourth-order valence-electron chi connectivity index (χ4n) is 5.99. The fraction of sp³-hybridized carbons (Fsp3) is 0.533. The predicted molar refractivity (Wildman–Crippen MR) is 154 cm³/mol. The number of rotatable bonds is 6. The van der Waals surface area contributed by atoms with Gasteiger partial charge in [-0.1, -0.05) is 5.10 Å². The number of carbonyl (C=O) groups is 1. The SMILES string of the molecule is CC(C)OC(=O)N1c2ccc(C(F)(F)F)cc2[C@@H](N(Cc2cc(C(F)(F)F)cc(C(F)(F)F)c2)c2nnn([C@]3(C)CCNC3)n2)C[C@H]1C. The van der Waals surface area contributed by atoms with Crippen LogP contribution in [0, 0.1) is 0 Å². The number of amides is 1. The minimum atomic E-state index is -5.14. The van der Waals surface area contributed by atoms with Gasteiger partial charge in [0.05, 0.1) is 40.1 Å². The van der Waals surface area contributed by atoms with E-state index in [9.17, 15) is 44.3 Å². The standard InChI is InChI=1S/C30H32F9N7O2/c1-16(2)48-26(47)45-17(3)9-24(22-13-19(28(31,32)33)5-6-23(22)45)44(25-41-43-46(42-25)27(4)7-8-40-15-27)14-18-10-20(29(34,35)36)12-21(11-18)30(37,38)39/h5-6,10-13,16-17,24,40H,7-9,14-15H2,1-4H3/t17-,24+,27-/m1/s1. The van der Waals surface area contributed by atoms with Crippen molar-refractivity contribution in [2.24, 2.45) is 0 Å². The average Bonchev–Trinajstić information content (AvgIpc) is 3.64. The molecule has 0 unspecified atom stereocenters. The molecule has 3 aromatic rings. The number of halogens is 9. The quantitative estimate of drug-likeness (QED) is 0.271. The number of alkyl halides is 9. The van der Waals surface area contributed by atoms with Crippen molar-refractivity contribution >= 4 is 17.7 Å². The number of hydrogen-bond acceptors (Lipinski definition) is 7. The number of tetrazole rings is 1. The summed E-state index contributed by atoms with van der Waals surface area (Å²) in [6, 6.07) is 1.81. The molecule has 1 fully saturated rings. The monoisotopic (exact) mass is 693 g/mol. The van der Waals surface area contributed by atoms with Gasteiger partial charge in [-0.3, -0.25) is 4.90 Å². The Morgan fingerprint density at radius 3 is 2.17 bits per heavy atom. The van der Waals surface area contributed by atoms with E-state index in [-0.39, 0.29) is 29.7 Å². The van der Waals surface area contributed by atoms with Crippen molar-refractivity contribution < 1.29 is 49.0 Å². The lowest BCUT2D eigenvalue weighted by Crippen LogP contribution is -2.47. The van der Waals surface area contributed by atoms with Crippen LogP contribution in [0.3, 0.4) is 0 Å². The second-order valence-corrected chi connectivity index (χ2v) is 12.5. The normalized spacial score (nSPS) is 21.8. The molecule has 1 saturated heterocycles. The third-order valence-electron chi connectivity index (χ3n) is 8.38. The lowest BCUT2D eigenvalue weighted by molar-refractivity contribution is -0.143. The molecule has 5 rings (SSSR count). The molecule has 2 aliphatic heterocycles. The molecule has 1 aromatic heterocycles. The number of hydrogen-bond donors (Lipinski definition) is 1. The first-order valence-corrected chi connectivity index (χ1v) is 14.9. The second kappa shape index (κ2) is 12.4. The smallest absolute Gasteiger partial charge is 0.416 e. The van der Waals surface area contributed by atoms with Crippen molar-refractivity contribution in [3.8, 4) is 0 Å². The van der Waals surface area contributed by atoms with Gasteiger partial charge in [0.1, 0.15) is 0 Å². The van der Waals surface area contributed by atoms with Gasteiger partial charge >= 0.3 is 24.6 Å². The number of anilines is 2. The van der Waals surface area contributed by atoms with Gasteiger partial charge in [0.15, 0.2) is 0 Å². The maximum Gasteiger partial charge on any atom is 0.416 e. The summed E-state index contributed by atoms with van der Waals surface area (Å²) in [4.78, 5) is 16.8. The van der Waals surface area contributed by atoms with Crippen LogP contribution in [0.2, 0.25) is 0 Å². The summed E-state index contributed by atoms with van der Waals surface area (Å²) in [5, 5.41) is 15.8. The summed E-state index contributed by atoms with van der Waals surface area (Å²) in [6.07, 6.45) is -16.1. The van der Waals surface area contributed by atoms with Gasteiger partial charge in [0.2, 0.25) is 0 Å². The van der Waals surface area contributed by atoms with E-state index in [1.807, 2.05) is 6.92 Å². The minimum absolute atomic E-state index is 0.0118. The van der Waals surface area contributed by atoms with Gasteiger partial charge in [-0.15, -0.1) is 5.10 Å². The molecular formula is C30H32F9N7O2. The zero-order valence-electron chi connectivity index (χ0n) is 26.1. The highest BCUT2D eigenvalue weighted by Gasteiger charge is 2.43. The van der Waals surface area contributed by atoms with E-state index in [0.29, 0.717) is 31.6 Å². The molecule has 9 nitrogen and oxygen atoms in total. The molecular weight excluding hydrogens is 661 g/mol. The first-order chi connectivity index (χ1) is 22.2. The zero-order chi connectivity index (χ0) is 35.4. The molecule has 3 atom stereocenters. The third kappa shape index (κ3) is 7.17. The predicted octanol–water partition coefficient (Wildman–Crippen LogP) is 7.33. The Labute approximate surface area is 269 Å². The van der Waals surface area contributed by atoms with Crippen molar-refractivity contribution in [1.29, 1.82) is 0 Å². The fourth-order valence-corrected chi connectivity index (χ4v) is 5.99. The van der Waals surface area contributed by atoms with E-state index in [0.717, 1.165) is 18.2 Å². The van der Waals surface area contributed by atoms with Gasteiger partial charge < -0.3 is 15.0 Å². The van der Waals surface area contributed by atoms with E-state index < -0.39 is 77.1 Å². The average molecular weight is 694 g/mol. The summed E-state index contributed by atoms with van der Waals surface area (Å²) in [6.45, 7) is 6.94. The Bertz CT molecular complexity index is 1610. The van der Waals surface area contributed by atoms with Crippen LogP contribution < -0.4 is 15.1 Å². The lowest BCUT2D eigenvalue weighted by Gasteiger charge is -2.43. The Balaban J connectivity index is 1.70. The second-order valence-electron chi connectivity index (χ2n) is 12.5. The number of fused-ring (bicyclic) bond motifs is 1. The van der Waals surface area contributed by atoms with Gasteiger partial charge in [-0.2, -0.15) is 44.3 Å². The largest absolute Gasteiger partial charge is 0.446 e. The van der Waals surface area contributed by atoms with Crippen molar-refractivity contribution in [2.75, 3.05) is 22.9 Å². The van der Waals surface area contributed by atoms with Crippen LogP contribution in [0.4, 0.5) is 55.9 Å². The van der Waals surface area contributed by atoms with Crippen LogP contribution in [0.1, 0.15) is 74.4 Å². The highest BCUT2D eigenvalue weighted by Crippen LogP contribution is 2.45. The maximum atomic E-state index is 14.0. The first-order valence-electron chi connectivity index (χ1n) is 14.9. The summed E-state index contributed by atoms with van der Waals surface area (Å²) in [5.41, 5.74) is -5.42. The van der Waals surface area contributed by atoms with Crippen LogP contribution in [0.5, 0.6) is 0 Å². The molecule has 262 valence electrons. The van der Waals surface area contributed by atoms with Crippen molar-refractivity contribution in [2.45, 2.75) is 89.3 Å². The number of aromatic nitrogens is 4. The Morgan fingerprint density at radius 2 is 1.62 bits per heavy atom. The number of carbonyl (C=O) groups excluding carboxylic acids is 1. The van der Waals surface area contributed by atoms with Crippen molar-refractivity contribution in [3.63, 3.8) is 0 Å². The lowest BCUT2D eigenvalue weighted by atomic mass is 9.89. The molecule has 3 heterocycles. The highest BCUT2D eigenvalue weighted by atomic mass is 19.4. The first kappa shape index (κ1) is 35.2. The molecule has 0 aliphatic carbocycles. The van der Waals surface area contributed by atoms with Crippen LogP contribution >= 0.6 is 0 Å². The molecule has 0 saturated carbocycles. The molecule has 2 aliphatic rings. The van der Waals surface area contributed by atoms with Gasteiger partial charge in [-0.25, -0.2) is 4.79 Å². The van der Waals surface area contributed by atoms with Crippen molar-refractivity contribution in [1.82, 2.24) is 25.5 Å². The summed E-state index contributed by atoms with van der Waals surface area (Å²) >= 11 is 0. The number of nitrogens with zero attached hydrogens (tertiary/aromatic N) is 6. The van der Waals surface area contributed by atoms with Crippen molar-refractivity contribution in [3.05, 3.63) is 64.2 Å². The van der Waals surface area contributed by atoms with Crippen LogP contribution in [0.15, 0.2) is 36.4 Å². The minimum Gasteiger partial charge on any atom is -0.446 e. The highest BCUT2D eigenvalue weighted by molar-refractivity contribution is 5.90. The molecule has 1 amide bonds.